The van der Waals surface area contributed by atoms with Crippen LogP contribution in [0.3, 0.4) is 0 Å². The van der Waals surface area contributed by atoms with Gasteiger partial charge in [-0.3, -0.25) is 0 Å². The molecule has 0 saturated heterocycles. The fourth-order valence-corrected chi connectivity index (χ4v) is 2.76. The molecule has 0 heterocycles. The highest BCUT2D eigenvalue weighted by molar-refractivity contribution is 14.1. The van der Waals surface area contributed by atoms with Gasteiger partial charge in [-0.1, -0.05) is 19.9 Å². The highest BCUT2D eigenvalue weighted by atomic mass is 127. The number of nitrogens with one attached hydrogen (secondary N) is 1. The van der Waals surface area contributed by atoms with Gasteiger partial charge in [0, 0.05) is 15.3 Å². The van der Waals surface area contributed by atoms with Crippen LogP contribution in [-0.4, -0.2) is 6.04 Å². The van der Waals surface area contributed by atoms with E-state index in [9.17, 15) is 0 Å². The minimum atomic E-state index is 0.700. The van der Waals surface area contributed by atoms with Gasteiger partial charge in [0.2, 0.25) is 0 Å². The van der Waals surface area contributed by atoms with Gasteiger partial charge in [0.05, 0.1) is 0 Å². The molecule has 0 amide bonds. The van der Waals surface area contributed by atoms with Gasteiger partial charge < -0.3 is 5.32 Å². The van der Waals surface area contributed by atoms with Crippen LogP contribution in [0.1, 0.15) is 32.3 Å². The number of hydrogen-bond acceptors (Lipinski definition) is 1. The lowest BCUT2D eigenvalue weighted by Gasteiger charge is -2.39. The number of hydrogen-bond donors (Lipinski definition) is 1. The highest BCUT2D eigenvalue weighted by Crippen LogP contribution is 2.35. The Balaban J connectivity index is 1.89. The first kappa shape index (κ1) is 12.2. The van der Waals surface area contributed by atoms with E-state index in [0.29, 0.717) is 6.04 Å². The molecule has 0 bridgehead atoms. The Morgan fingerprint density at radius 1 is 1.31 bits per heavy atom. The van der Waals surface area contributed by atoms with Crippen LogP contribution in [0.25, 0.3) is 0 Å². The third kappa shape index (κ3) is 2.70. The van der Waals surface area contributed by atoms with Crippen LogP contribution in [0.15, 0.2) is 18.2 Å². The van der Waals surface area contributed by atoms with E-state index in [2.05, 4.69) is 66.9 Å². The summed E-state index contributed by atoms with van der Waals surface area (Å²) >= 11 is 2.40. The van der Waals surface area contributed by atoms with E-state index < -0.39 is 0 Å². The van der Waals surface area contributed by atoms with E-state index in [1.165, 1.54) is 27.7 Å². The van der Waals surface area contributed by atoms with Crippen LogP contribution in [0.4, 0.5) is 5.69 Å². The van der Waals surface area contributed by atoms with Crippen LogP contribution in [0.5, 0.6) is 0 Å². The minimum absolute atomic E-state index is 0.700. The second-order valence-corrected chi connectivity index (χ2v) is 6.44. The molecule has 0 unspecified atom stereocenters. The van der Waals surface area contributed by atoms with E-state index >= 15 is 0 Å². The van der Waals surface area contributed by atoms with Crippen molar-refractivity contribution < 1.29 is 0 Å². The van der Waals surface area contributed by atoms with Gasteiger partial charge in [0.25, 0.3) is 0 Å². The van der Waals surface area contributed by atoms with Crippen molar-refractivity contribution in [1.82, 2.24) is 0 Å². The van der Waals surface area contributed by atoms with E-state index in [1.807, 2.05) is 0 Å². The summed E-state index contributed by atoms with van der Waals surface area (Å²) < 4.78 is 1.35. The normalized spacial score (nSPS) is 24.3. The lowest BCUT2D eigenvalue weighted by atomic mass is 9.73. The van der Waals surface area contributed by atoms with Gasteiger partial charge in [-0.25, -0.2) is 0 Å². The first-order valence-electron chi connectivity index (χ1n) is 6.09. The molecule has 1 saturated carbocycles. The van der Waals surface area contributed by atoms with Crippen molar-refractivity contribution in [3.05, 3.63) is 27.3 Å². The molecule has 0 atom stereocenters. The van der Waals surface area contributed by atoms with Crippen molar-refractivity contribution in [3.63, 3.8) is 0 Å². The minimum Gasteiger partial charge on any atom is -0.382 e. The lowest BCUT2D eigenvalue weighted by Crippen LogP contribution is -2.37. The van der Waals surface area contributed by atoms with Gasteiger partial charge in [0.15, 0.2) is 0 Å². The molecule has 1 nitrogen and oxygen atoms in total. The number of benzene rings is 1. The Morgan fingerprint density at radius 3 is 2.56 bits per heavy atom. The molecule has 0 spiro atoms. The van der Waals surface area contributed by atoms with Crippen LogP contribution < -0.4 is 5.32 Å². The van der Waals surface area contributed by atoms with Crippen molar-refractivity contribution in [1.29, 1.82) is 0 Å². The van der Waals surface area contributed by atoms with Gasteiger partial charge in [-0.2, -0.15) is 0 Å². The maximum Gasteiger partial charge on any atom is 0.0353 e. The number of rotatable bonds is 3. The molecule has 0 radical (unpaired) electrons. The van der Waals surface area contributed by atoms with Crippen molar-refractivity contribution in [2.24, 2.45) is 11.8 Å². The second-order valence-electron chi connectivity index (χ2n) is 5.28. The molecule has 0 aliphatic heterocycles. The summed E-state index contributed by atoms with van der Waals surface area (Å²) in [6.07, 6.45) is 2.67. The van der Waals surface area contributed by atoms with Crippen LogP contribution >= 0.6 is 22.6 Å². The molecule has 1 aromatic rings. The summed E-state index contributed by atoms with van der Waals surface area (Å²) in [7, 11) is 0. The first-order valence-corrected chi connectivity index (χ1v) is 7.17. The third-order valence-corrected chi connectivity index (χ3v) is 4.82. The van der Waals surface area contributed by atoms with Crippen LogP contribution in [0, 0.1) is 22.3 Å². The number of aryl methyl sites for hydroxylation is 1. The molecule has 1 aliphatic carbocycles. The molecular weight excluding hydrogens is 309 g/mol. The fraction of sp³-hybridized carbons (Fsp3) is 0.571. The van der Waals surface area contributed by atoms with Gasteiger partial charge >= 0.3 is 0 Å². The zero-order chi connectivity index (χ0) is 11.7. The Hall–Kier alpha value is -0.250. The summed E-state index contributed by atoms with van der Waals surface area (Å²) in [5, 5.41) is 3.63. The molecule has 0 aromatic heterocycles. The molecule has 16 heavy (non-hydrogen) atoms. The molecule has 2 heteroatoms. The van der Waals surface area contributed by atoms with Crippen LogP contribution in [-0.2, 0) is 0 Å². The predicted molar refractivity (Wildman–Crippen MR) is 78.9 cm³/mol. The van der Waals surface area contributed by atoms with E-state index in [4.69, 9.17) is 0 Å². The molecule has 2 rings (SSSR count). The maximum absolute atomic E-state index is 3.63. The molecule has 88 valence electrons. The predicted octanol–water partition coefficient (Wildman–Crippen LogP) is 4.45. The summed E-state index contributed by atoms with van der Waals surface area (Å²) in [5.41, 5.74) is 2.64. The topological polar surface area (TPSA) is 12.0 Å². The lowest BCUT2D eigenvalue weighted by molar-refractivity contribution is 0.212. The summed E-state index contributed by atoms with van der Waals surface area (Å²) in [5.74, 6) is 1.78. The quantitative estimate of drug-likeness (QED) is 0.808. The Morgan fingerprint density at radius 2 is 2.00 bits per heavy atom. The average molecular weight is 329 g/mol. The summed E-state index contributed by atoms with van der Waals surface area (Å²) in [6, 6.07) is 7.34. The zero-order valence-corrected chi connectivity index (χ0v) is 12.4. The SMILES string of the molecule is Cc1ccc(NC2CC(C(C)C)C2)cc1I. The van der Waals surface area contributed by atoms with E-state index in [0.717, 1.165) is 11.8 Å². The molecule has 1 aliphatic rings. The Kier molecular flexibility index (Phi) is 3.77. The molecular formula is C14H20IN. The van der Waals surface area contributed by atoms with Crippen molar-refractivity contribution in [2.75, 3.05) is 5.32 Å². The summed E-state index contributed by atoms with van der Waals surface area (Å²) in [6.45, 7) is 6.81. The van der Waals surface area contributed by atoms with E-state index in [1.54, 1.807) is 0 Å². The average Bonchev–Trinajstić information content (AvgIpc) is 2.15. The van der Waals surface area contributed by atoms with Crippen molar-refractivity contribution in [3.8, 4) is 0 Å². The van der Waals surface area contributed by atoms with Crippen LogP contribution in [0.2, 0.25) is 0 Å². The largest absolute Gasteiger partial charge is 0.382 e. The van der Waals surface area contributed by atoms with Gasteiger partial charge in [0.1, 0.15) is 0 Å². The third-order valence-electron chi connectivity index (χ3n) is 3.66. The van der Waals surface area contributed by atoms with Gasteiger partial charge in [-0.15, -0.1) is 0 Å². The smallest absolute Gasteiger partial charge is 0.0353 e. The van der Waals surface area contributed by atoms with Crippen molar-refractivity contribution in [2.45, 2.75) is 39.7 Å². The number of anilines is 1. The van der Waals surface area contributed by atoms with Gasteiger partial charge in [-0.05, 0) is 71.9 Å². The van der Waals surface area contributed by atoms with E-state index in [-0.39, 0.29) is 0 Å². The second kappa shape index (κ2) is 4.94. The Bertz CT molecular complexity index is 367. The van der Waals surface area contributed by atoms with Crippen molar-refractivity contribution >= 4 is 28.3 Å². The number of halogens is 1. The first-order chi connectivity index (χ1) is 7.56. The zero-order valence-electron chi connectivity index (χ0n) is 10.3. The standard InChI is InChI=1S/C14H20IN/c1-9(2)11-6-13(7-11)16-12-5-4-10(3)14(15)8-12/h4-5,8-9,11,13,16H,6-7H2,1-3H3. The molecule has 1 N–H and O–H groups in total. The summed E-state index contributed by atoms with van der Waals surface area (Å²) in [4.78, 5) is 0. The molecule has 1 fully saturated rings. The fourth-order valence-electron chi connectivity index (χ4n) is 2.24. The Labute approximate surface area is 112 Å². The maximum atomic E-state index is 3.63. The monoisotopic (exact) mass is 329 g/mol. The highest BCUT2D eigenvalue weighted by Gasteiger charge is 2.30. The molecule has 1 aromatic carbocycles.